The zero-order chi connectivity index (χ0) is 17.9. The second kappa shape index (κ2) is 6.76. The summed E-state index contributed by atoms with van der Waals surface area (Å²) in [6, 6.07) is 20.6. The molecule has 1 heterocycles. The Balaban J connectivity index is 1.51. The van der Waals surface area contributed by atoms with Gasteiger partial charge in [0.25, 0.3) is 5.56 Å². The van der Waals surface area contributed by atoms with Gasteiger partial charge in [-0.25, -0.2) is 4.68 Å². The van der Waals surface area contributed by atoms with Crippen LogP contribution < -0.4 is 10.9 Å². The molecule has 1 aromatic heterocycles. The van der Waals surface area contributed by atoms with Crippen molar-refractivity contribution in [1.29, 1.82) is 0 Å². The number of anilines is 1. The molecule has 0 saturated carbocycles. The standard InChI is InChI=1S/C20H16N4O2/c25-19(21-17-11-5-7-14-6-1-2-8-15(14)17)12-13-24-20(26)16-9-3-4-10-18(16)22-23-24/h1-11H,12-13H2,(H,21,25). The van der Waals surface area contributed by atoms with Crippen molar-refractivity contribution in [1.82, 2.24) is 15.0 Å². The first-order valence-corrected chi connectivity index (χ1v) is 8.32. The minimum Gasteiger partial charge on any atom is -0.325 e. The largest absolute Gasteiger partial charge is 0.325 e. The van der Waals surface area contributed by atoms with Gasteiger partial charge < -0.3 is 5.32 Å². The summed E-state index contributed by atoms with van der Waals surface area (Å²) in [5.74, 6) is -0.178. The van der Waals surface area contributed by atoms with Crippen molar-refractivity contribution in [3.8, 4) is 0 Å². The van der Waals surface area contributed by atoms with E-state index in [1.54, 1.807) is 24.3 Å². The van der Waals surface area contributed by atoms with Crippen LogP contribution in [-0.4, -0.2) is 20.9 Å². The molecule has 6 heteroatoms. The average Bonchev–Trinajstić information content (AvgIpc) is 2.68. The molecule has 0 bridgehead atoms. The quantitative estimate of drug-likeness (QED) is 0.617. The topological polar surface area (TPSA) is 76.9 Å². The minimum absolute atomic E-state index is 0.135. The van der Waals surface area contributed by atoms with Crippen LogP contribution in [0.15, 0.2) is 71.5 Å². The molecule has 0 aliphatic heterocycles. The molecule has 128 valence electrons. The number of hydrogen-bond donors (Lipinski definition) is 1. The highest BCUT2D eigenvalue weighted by Gasteiger charge is 2.09. The van der Waals surface area contributed by atoms with Gasteiger partial charge in [0.15, 0.2) is 0 Å². The Labute approximate surface area is 149 Å². The first kappa shape index (κ1) is 16.0. The third-order valence-corrected chi connectivity index (χ3v) is 4.24. The summed E-state index contributed by atoms with van der Waals surface area (Å²) in [4.78, 5) is 24.7. The van der Waals surface area contributed by atoms with Crippen LogP contribution in [0, 0.1) is 0 Å². The number of hydrogen-bond acceptors (Lipinski definition) is 4. The van der Waals surface area contributed by atoms with Crippen molar-refractivity contribution in [2.24, 2.45) is 0 Å². The molecule has 4 rings (SSSR count). The van der Waals surface area contributed by atoms with Gasteiger partial charge in [-0.1, -0.05) is 53.7 Å². The molecule has 0 spiro atoms. The van der Waals surface area contributed by atoms with E-state index in [4.69, 9.17) is 0 Å². The maximum Gasteiger partial charge on any atom is 0.277 e. The Kier molecular flexibility index (Phi) is 4.15. The Bertz CT molecular complexity index is 1160. The number of carbonyl (C=O) groups is 1. The van der Waals surface area contributed by atoms with E-state index in [9.17, 15) is 9.59 Å². The number of nitrogens with one attached hydrogen (secondary N) is 1. The van der Waals surface area contributed by atoms with E-state index in [1.807, 2.05) is 42.5 Å². The molecule has 0 saturated heterocycles. The Hall–Kier alpha value is -3.54. The lowest BCUT2D eigenvalue weighted by Gasteiger charge is -2.09. The molecule has 1 amide bonds. The lowest BCUT2D eigenvalue weighted by molar-refractivity contribution is -0.116. The van der Waals surface area contributed by atoms with E-state index < -0.39 is 0 Å². The van der Waals surface area contributed by atoms with Crippen LogP contribution in [0.25, 0.3) is 21.7 Å². The van der Waals surface area contributed by atoms with Gasteiger partial charge in [-0.05, 0) is 23.6 Å². The monoisotopic (exact) mass is 344 g/mol. The fraction of sp³-hybridized carbons (Fsp3) is 0.100. The van der Waals surface area contributed by atoms with Crippen molar-refractivity contribution >= 4 is 33.3 Å². The lowest BCUT2D eigenvalue weighted by Crippen LogP contribution is -2.26. The van der Waals surface area contributed by atoms with E-state index in [0.29, 0.717) is 10.9 Å². The third-order valence-electron chi connectivity index (χ3n) is 4.24. The fourth-order valence-corrected chi connectivity index (χ4v) is 2.92. The molecule has 6 nitrogen and oxygen atoms in total. The van der Waals surface area contributed by atoms with Crippen molar-refractivity contribution < 1.29 is 4.79 Å². The van der Waals surface area contributed by atoms with Crippen LogP contribution in [0.4, 0.5) is 5.69 Å². The maximum atomic E-state index is 12.4. The molecule has 4 aromatic rings. The number of nitrogens with zero attached hydrogens (tertiary/aromatic N) is 3. The summed E-state index contributed by atoms with van der Waals surface area (Å²) in [7, 11) is 0. The molecule has 0 fully saturated rings. The predicted octanol–water partition coefficient (Wildman–Crippen LogP) is 2.97. The van der Waals surface area contributed by atoms with Crippen LogP contribution in [-0.2, 0) is 11.3 Å². The van der Waals surface area contributed by atoms with Gasteiger partial charge in [0.05, 0.1) is 11.9 Å². The lowest BCUT2D eigenvalue weighted by atomic mass is 10.1. The summed E-state index contributed by atoms with van der Waals surface area (Å²) in [6.07, 6.45) is 0.135. The number of fused-ring (bicyclic) bond motifs is 2. The molecule has 3 aromatic carbocycles. The van der Waals surface area contributed by atoms with E-state index in [2.05, 4.69) is 15.6 Å². The Morgan fingerprint density at radius 3 is 2.54 bits per heavy atom. The molecular formula is C20H16N4O2. The van der Waals surface area contributed by atoms with Crippen molar-refractivity contribution in [3.63, 3.8) is 0 Å². The first-order valence-electron chi connectivity index (χ1n) is 8.32. The molecule has 0 aliphatic rings. The Morgan fingerprint density at radius 1 is 0.923 bits per heavy atom. The molecule has 26 heavy (non-hydrogen) atoms. The molecule has 0 atom stereocenters. The normalized spacial score (nSPS) is 10.9. The first-order chi connectivity index (χ1) is 12.7. The molecule has 0 radical (unpaired) electrons. The predicted molar refractivity (Wildman–Crippen MR) is 101 cm³/mol. The van der Waals surface area contributed by atoms with Crippen LogP contribution in [0.3, 0.4) is 0 Å². The second-order valence-corrected chi connectivity index (χ2v) is 5.96. The average molecular weight is 344 g/mol. The molecule has 0 aliphatic carbocycles. The van der Waals surface area contributed by atoms with Gasteiger partial charge in [0.2, 0.25) is 5.91 Å². The van der Waals surface area contributed by atoms with Crippen LogP contribution in [0.5, 0.6) is 0 Å². The van der Waals surface area contributed by atoms with E-state index in [1.165, 1.54) is 4.68 Å². The van der Waals surface area contributed by atoms with Gasteiger partial charge in [-0.15, -0.1) is 5.10 Å². The maximum absolute atomic E-state index is 12.4. The smallest absolute Gasteiger partial charge is 0.277 e. The highest BCUT2D eigenvalue weighted by Crippen LogP contribution is 2.23. The van der Waals surface area contributed by atoms with Gasteiger partial charge >= 0.3 is 0 Å². The minimum atomic E-state index is -0.242. The summed E-state index contributed by atoms with van der Waals surface area (Å²) < 4.78 is 1.23. The van der Waals surface area contributed by atoms with Gasteiger partial charge in [0.1, 0.15) is 5.52 Å². The number of carbonyl (C=O) groups excluding carboxylic acids is 1. The van der Waals surface area contributed by atoms with E-state index in [0.717, 1.165) is 16.5 Å². The van der Waals surface area contributed by atoms with Crippen LogP contribution in [0.1, 0.15) is 6.42 Å². The second-order valence-electron chi connectivity index (χ2n) is 5.96. The molecular weight excluding hydrogens is 328 g/mol. The van der Waals surface area contributed by atoms with Crippen molar-refractivity contribution in [2.45, 2.75) is 13.0 Å². The molecule has 0 unspecified atom stereocenters. The number of benzene rings is 3. The number of aryl methyl sites for hydroxylation is 1. The SMILES string of the molecule is O=C(CCn1nnc2ccccc2c1=O)Nc1cccc2ccccc12. The number of amides is 1. The number of aromatic nitrogens is 3. The van der Waals surface area contributed by atoms with Gasteiger partial charge in [-0.3, -0.25) is 9.59 Å². The highest BCUT2D eigenvalue weighted by atomic mass is 16.2. The Morgan fingerprint density at radius 2 is 1.65 bits per heavy atom. The third kappa shape index (κ3) is 3.04. The van der Waals surface area contributed by atoms with E-state index >= 15 is 0 Å². The van der Waals surface area contributed by atoms with E-state index in [-0.39, 0.29) is 24.4 Å². The summed E-state index contributed by atoms with van der Waals surface area (Å²) in [5, 5.41) is 13.4. The number of rotatable bonds is 4. The zero-order valence-corrected chi connectivity index (χ0v) is 13.9. The fourth-order valence-electron chi connectivity index (χ4n) is 2.92. The zero-order valence-electron chi connectivity index (χ0n) is 13.9. The summed E-state index contributed by atoms with van der Waals surface area (Å²) in [5.41, 5.74) is 1.06. The van der Waals surface area contributed by atoms with Crippen LogP contribution >= 0.6 is 0 Å². The summed E-state index contributed by atoms with van der Waals surface area (Å²) >= 11 is 0. The van der Waals surface area contributed by atoms with Crippen molar-refractivity contribution in [2.75, 3.05) is 5.32 Å². The van der Waals surface area contributed by atoms with Gasteiger partial charge in [-0.2, -0.15) is 0 Å². The summed E-state index contributed by atoms with van der Waals surface area (Å²) in [6.45, 7) is 0.174. The van der Waals surface area contributed by atoms with Crippen LogP contribution in [0.2, 0.25) is 0 Å². The van der Waals surface area contributed by atoms with Gasteiger partial charge in [0, 0.05) is 17.5 Å². The van der Waals surface area contributed by atoms with Crippen molar-refractivity contribution in [3.05, 3.63) is 77.1 Å². The highest BCUT2D eigenvalue weighted by molar-refractivity contribution is 6.02. The molecule has 1 N–H and O–H groups in total.